The minimum Gasteiger partial charge on any atom is -0.497 e. The van der Waals surface area contributed by atoms with Crippen molar-refractivity contribution in [3.05, 3.63) is 41.3 Å². The molecular formula is C16H19N3O. The maximum absolute atomic E-state index is 5.22. The van der Waals surface area contributed by atoms with E-state index in [0.717, 1.165) is 48.8 Å². The minimum atomic E-state index is 0.844. The molecule has 0 amide bonds. The molecule has 0 aliphatic carbocycles. The average molecular weight is 269 g/mol. The minimum absolute atomic E-state index is 0.844. The second-order valence-electron chi connectivity index (χ2n) is 5.02. The third-order valence-electron chi connectivity index (χ3n) is 3.66. The Balaban J connectivity index is 2.09. The number of ether oxygens (including phenoxy) is 1. The van der Waals surface area contributed by atoms with Gasteiger partial charge in [0.15, 0.2) is 0 Å². The molecule has 1 aromatic carbocycles. The van der Waals surface area contributed by atoms with E-state index in [0.29, 0.717) is 0 Å². The Morgan fingerprint density at radius 2 is 1.80 bits per heavy atom. The van der Waals surface area contributed by atoms with Gasteiger partial charge in [0.2, 0.25) is 0 Å². The highest BCUT2D eigenvalue weighted by atomic mass is 16.5. The van der Waals surface area contributed by atoms with E-state index < -0.39 is 0 Å². The van der Waals surface area contributed by atoms with Crippen molar-refractivity contribution in [1.82, 2.24) is 15.3 Å². The van der Waals surface area contributed by atoms with Crippen molar-refractivity contribution >= 4 is 0 Å². The third kappa shape index (κ3) is 2.51. The largest absolute Gasteiger partial charge is 0.497 e. The molecule has 0 saturated carbocycles. The van der Waals surface area contributed by atoms with Gasteiger partial charge in [0, 0.05) is 29.8 Å². The van der Waals surface area contributed by atoms with Crippen LogP contribution in [0.1, 0.15) is 17.1 Å². The van der Waals surface area contributed by atoms with Crippen LogP contribution in [-0.4, -0.2) is 30.2 Å². The van der Waals surface area contributed by atoms with Crippen molar-refractivity contribution in [1.29, 1.82) is 0 Å². The number of nitrogens with one attached hydrogen (secondary N) is 1. The summed E-state index contributed by atoms with van der Waals surface area (Å²) < 4.78 is 5.22. The van der Waals surface area contributed by atoms with Crippen molar-refractivity contribution in [2.24, 2.45) is 0 Å². The standard InChI is InChI=1S/C16H19N3O/c1-11-18-15-8-10-17-9-7-14(15)16(19-11)12-3-5-13(20-2)6-4-12/h3-6,17H,7-10H2,1-2H3. The summed E-state index contributed by atoms with van der Waals surface area (Å²) in [6.07, 6.45) is 1.96. The molecule has 0 bridgehead atoms. The van der Waals surface area contributed by atoms with Gasteiger partial charge in [-0.3, -0.25) is 0 Å². The quantitative estimate of drug-likeness (QED) is 0.907. The van der Waals surface area contributed by atoms with Crippen LogP contribution in [0.5, 0.6) is 5.75 Å². The predicted molar refractivity (Wildman–Crippen MR) is 79.0 cm³/mol. The van der Waals surface area contributed by atoms with Gasteiger partial charge >= 0.3 is 0 Å². The third-order valence-corrected chi connectivity index (χ3v) is 3.66. The first-order chi connectivity index (χ1) is 9.78. The molecule has 4 nitrogen and oxygen atoms in total. The second-order valence-corrected chi connectivity index (χ2v) is 5.02. The number of aromatic nitrogens is 2. The van der Waals surface area contributed by atoms with Gasteiger partial charge in [-0.2, -0.15) is 0 Å². The first kappa shape index (κ1) is 13.1. The SMILES string of the molecule is COc1ccc(-c2nc(C)nc3c2CCNCC3)cc1. The smallest absolute Gasteiger partial charge is 0.126 e. The van der Waals surface area contributed by atoms with Crippen molar-refractivity contribution in [2.45, 2.75) is 19.8 Å². The maximum Gasteiger partial charge on any atom is 0.126 e. The number of hydrogen-bond acceptors (Lipinski definition) is 4. The molecule has 2 heterocycles. The average Bonchev–Trinajstić information content (AvgIpc) is 2.71. The van der Waals surface area contributed by atoms with Crippen molar-refractivity contribution < 1.29 is 4.74 Å². The van der Waals surface area contributed by atoms with E-state index in [2.05, 4.69) is 27.4 Å². The Kier molecular flexibility index (Phi) is 3.65. The van der Waals surface area contributed by atoms with Gasteiger partial charge < -0.3 is 10.1 Å². The van der Waals surface area contributed by atoms with Gasteiger partial charge in [-0.1, -0.05) is 0 Å². The molecule has 1 aliphatic heterocycles. The number of hydrogen-bond donors (Lipinski definition) is 1. The summed E-state index contributed by atoms with van der Waals surface area (Å²) in [7, 11) is 1.68. The van der Waals surface area contributed by atoms with Gasteiger partial charge in [-0.15, -0.1) is 0 Å². The maximum atomic E-state index is 5.22. The normalized spacial score (nSPS) is 14.5. The molecule has 2 aromatic rings. The second kappa shape index (κ2) is 5.59. The van der Waals surface area contributed by atoms with Gasteiger partial charge in [-0.05, 0) is 44.2 Å². The summed E-state index contributed by atoms with van der Waals surface area (Å²) in [5, 5.41) is 3.42. The highest BCUT2D eigenvalue weighted by Gasteiger charge is 2.16. The first-order valence-corrected chi connectivity index (χ1v) is 6.99. The van der Waals surface area contributed by atoms with Gasteiger partial charge in [0.25, 0.3) is 0 Å². The van der Waals surface area contributed by atoms with E-state index in [1.54, 1.807) is 7.11 Å². The molecule has 3 rings (SSSR count). The predicted octanol–water partition coefficient (Wildman–Crippen LogP) is 2.15. The van der Waals surface area contributed by atoms with E-state index in [4.69, 9.17) is 4.74 Å². The zero-order chi connectivity index (χ0) is 13.9. The summed E-state index contributed by atoms with van der Waals surface area (Å²) in [5.41, 5.74) is 4.67. The molecule has 0 atom stereocenters. The van der Waals surface area contributed by atoms with Gasteiger partial charge in [0.1, 0.15) is 11.6 Å². The monoisotopic (exact) mass is 269 g/mol. The number of benzene rings is 1. The Morgan fingerprint density at radius 3 is 2.55 bits per heavy atom. The molecule has 1 aliphatic rings. The fourth-order valence-corrected chi connectivity index (χ4v) is 2.66. The Labute approximate surface area is 119 Å². The fraction of sp³-hybridized carbons (Fsp3) is 0.375. The van der Waals surface area contributed by atoms with Crippen LogP contribution in [0.15, 0.2) is 24.3 Å². The lowest BCUT2D eigenvalue weighted by Crippen LogP contribution is -2.16. The number of methoxy groups -OCH3 is 1. The number of fused-ring (bicyclic) bond motifs is 1. The van der Waals surface area contributed by atoms with Crippen LogP contribution in [0, 0.1) is 6.92 Å². The molecule has 0 saturated heterocycles. The molecule has 1 aromatic heterocycles. The fourth-order valence-electron chi connectivity index (χ4n) is 2.66. The van der Waals surface area contributed by atoms with E-state index in [9.17, 15) is 0 Å². The molecule has 0 unspecified atom stereocenters. The van der Waals surface area contributed by atoms with E-state index in [1.807, 2.05) is 19.1 Å². The molecule has 104 valence electrons. The summed E-state index contributed by atoms with van der Waals surface area (Å²) in [4.78, 5) is 9.29. The van der Waals surface area contributed by atoms with Crippen LogP contribution in [0.4, 0.5) is 0 Å². The molecule has 0 spiro atoms. The van der Waals surface area contributed by atoms with Crippen LogP contribution in [0.25, 0.3) is 11.3 Å². The summed E-state index contributed by atoms with van der Waals surface area (Å²) in [6.45, 7) is 3.94. The number of rotatable bonds is 2. The van der Waals surface area contributed by atoms with Crippen molar-refractivity contribution in [3.8, 4) is 17.0 Å². The highest BCUT2D eigenvalue weighted by Crippen LogP contribution is 2.27. The van der Waals surface area contributed by atoms with Crippen LogP contribution in [0.3, 0.4) is 0 Å². The van der Waals surface area contributed by atoms with E-state index in [1.165, 1.54) is 11.3 Å². The molecule has 1 N–H and O–H groups in total. The van der Waals surface area contributed by atoms with Gasteiger partial charge in [0.05, 0.1) is 12.8 Å². The number of nitrogens with zero attached hydrogens (tertiary/aromatic N) is 2. The zero-order valence-corrected chi connectivity index (χ0v) is 11.9. The highest BCUT2D eigenvalue weighted by molar-refractivity contribution is 5.65. The summed E-state index contributed by atoms with van der Waals surface area (Å²) in [6, 6.07) is 8.10. The molecule has 4 heteroatoms. The molecule has 20 heavy (non-hydrogen) atoms. The van der Waals surface area contributed by atoms with E-state index in [-0.39, 0.29) is 0 Å². The lowest BCUT2D eigenvalue weighted by atomic mass is 10.0. The van der Waals surface area contributed by atoms with Crippen molar-refractivity contribution in [3.63, 3.8) is 0 Å². The van der Waals surface area contributed by atoms with E-state index >= 15 is 0 Å². The van der Waals surface area contributed by atoms with Crippen molar-refractivity contribution in [2.75, 3.05) is 20.2 Å². The Morgan fingerprint density at radius 1 is 1.05 bits per heavy atom. The van der Waals surface area contributed by atoms with Crippen LogP contribution >= 0.6 is 0 Å². The van der Waals surface area contributed by atoms with Crippen LogP contribution < -0.4 is 10.1 Å². The molecular weight excluding hydrogens is 250 g/mol. The number of aryl methyl sites for hydroxylation is 1. The lowest BCUT2D eigenvalue weighted by molar-refractivity contribution is 0.415. The Hall–Kier alpha value is -1.94. The summed E-state index contributed by atoms with van der Waals surface area (Å²) in [5.74, 6) is 1.71. The Bertz CT molecular complexity index is 608. The first-order valence-electron chi connectivity index (χ1n) is 6.99. The topological polar surface area (TPSA) is 47.0 Å². The molecule has 0 radical (unpaired) electrons. The molecule has 0 fully saturated rings. The zero-order valence-electron chi connectivity index (χ0n) is 11.9. The lowest BCUT2D eigenvalue weighted by Gasteiger charge is -2.12. The van der Waals surface area contributed by atoms with Crippen LogP contribution in [-0.2, 0) is 12.8 Å². The van der Waals surface area contributed by atoms with Crippen LogP contribution in [0.2, 0.25) is 0 Å². The van der Waals surface area contributed by atoms with Gasteiger partial charge in [-0.25, -0.2) is 9.97 Å². The summed E-state index contributed by atoms with van der Waals surface area (Å²) >= 11 is 0.